The van der Waals surface area contributed by atoms with E-state index in [9.17, 15) is 15.0 Å². The number of amides is 1. The average molecular weight is 848 g/mol. The molecular weight excluding hydrogens is 747 g/mol. The van der Waals surface area contributed by atoms with Crippen LogP contribution < -0.4 is 5.32 Å². The zero-order valence-electron chi connectivity index (χ0n) is 40.4. The van der Waals surface area contributed by atoms with Crippen LogP contribution >= 0.6 is 0 Å². The molecule has 3 N–H and O–H groups in total. The fourth-order valence-electron chi connectivity index (χ4n) is 7.65. The van der Waals surface area contributed by atoms with Crippen LogP contribution in [-0.2, 0) is 4.79 Å². The molecule has 0 aliphatic carbocycles. The second kappa shape index (κ2) is 51.9. The molecule has 0 fully saturated rings. The Kier molecular flexibility index (Phi) is 49.8. The van der Waals surface area contributed by atoms with Crippen molar-refractivity contribution in [2.75, 3.05) is 6.61 Å². The van der Waals surface area contributed by atoms with Crippen LogP contribution in [0.4, 0.5) is 0 Å². The molecule has 0 saturated heterocycles. The summed E-state index contributed by atoms with van der Waals surface area (Å²) >= 11 is 0. The highest BCUT2D eigenvalue weighted by molar-refractivity contribution is 5.76. The SMILES string of the molecule is CC/C=C\C/C=C\C/C=C\C/C=C\C/C=C\C/C=C\CCCCCCCCC(=O)NC(CO)C(O)/C=C/CCCCCCCCCCCCCCCCCCCCCCCC. The lowest BCUT2D eigenvalue weighted by atomic mass is 10.0. The fraction of sp³-hybridized carbons (Fsp3) is 0.737. The first-order valence-electron chi connectivity index (χ1n) is 26.3. The number of allylic oxidation sites excluding steroid dienone is 13. The van der Waals surface area contributed by atoms with Gasteiger partial charge >= 0.3 is 0 Å². The molecule has 0 aliphatic heterocycles. The van der Waals surface area contributed by atoms with Crippen LogP contribution in [0.2, 0.25) is 0 Å². The maximum Gasteiger partial charge on any atom is 0.220 e. The number of rotatable bonds is 47. The topological polar surface area (TPSA) is 69.6 Å². The molecule has 0 bridgehead atoms. The Labute approximate surface area is 380 Å². The molecule has 0 spiro atoms. The van der Waals surface area contributed by atoms with Crippen LogP contribution in [0.15, 0.2) is 85.1 Å². The molecule has 0 aromatic carbocycles. The number of hydrogen-bond donors (Lipinski definition) is 3. The van der Waals surface area contributed by atoms with E-state index in [0.29, 0.717) is 6.42 Å². The number of carbonyl (C=O) groups excluding carboxylic acids is 1. The lowest BCUT2D eigenvalue weighted by Crippen LogP contribution is -2.45. The number of aliphatic hydroxyl groups is 2. The van der Waals surface area contributed by atoms with Gasteiger partial charge in [0.1, 0.15) is 0 Å². The molecule has 4 nitrogen and oxygen atoms in total. The molecule has 0 aromatic rings. The third-order valence-corrected chi connectivity index (χ3v) is 11.6. The molecule has 2 unspecified atom stereocenters. The average Bonchev–Trinajstić information content (AvgIpc) is 3.26. The molecule has 0 rings (SSSR count). The Morgan fingerprint density at radius 1 is 0.410 bits per heavy atom. The van der Waals surface area contributed by atoms with Crippen molar-refractivity contribution in [1.82, 2.24) is 5.32 Å². The molecule has 1 amide bonds. The van der Waals surface area contributed by atoms with Gasteiger partial charge < -0.3 is 15.5 Å². The Bertz CT molecular complexity index is 1100. The molecule has 0 aliphatic rings. The maximum atomic E-state index is 12.5. The lowest BCUT2D eigenvalue weighted by molar-refractivity contribution is -0.123. The summed E-state index contributed by atoms with van der Waals surface area (Å²) in [6.45, 7) is 4.20. The van der Waals surface area contributed by atoms with E-state index in [0.717, 1.165) is 77.0 Å². The summed E-state index contributed by atoms with van der Waals surface area (Å²) in [5, 5.41) is 23.1. The molecule has 352 valence electrons. The summed E-state index contributed by atoms with van der Waals surface area (Å²) in [6.07, 6.45) is 75.8. The minimum atomic E-state index is -0.852. The molecule has 0 aromatic heterocycles. The van der Waals surface area contributed by atoms with Gasteiger partial charge in [-0.25, -0.2) is 0 Å². The molecule has 0 saturated carbocycles. The van der Waals surface area contributed by atoms with E-state index in [2.05, 4.69) is 92.1 Å². The van der Waals surface area contributed by atoms with Crippen molar-refractivity contribution in [3.8, 4) is 0 Å². The second-order valence-electron chi connectivity index (χ2n) is 17.6. The monoisotopic (exact) mass is 848 g/mol. The van der Waals surface area contributed by atoms with Gasteiger partial charge in [0.25, 0.3) is 0 Å². The number of nitrogens with one attached hydrogen (secondary N) is 1. The van der Waals surface area contributed by atoms with E-state index in [1.165, 1.54) is 154 Å². The van der Waals surface area contributed by atoms with Crippen molar-refractivity contribution in [3.63, 3.8) is 0 Å². The van der Waals surface area contributed by atoms with E-state index >= 15 is 0 Å². The minimum absolute atomic E-state index is 0.0799. The van der Waals surface area contributed by atoms with Crippen molar-refractivity contribution < 1.29 is 15.0 Å². The van der Waals surface area contributed by atoms with Crippen molar-refractivity contribution >= 4 is 5.91 Å². The normalized spacial score (nSPS) is 13.6. The van der Waals surface area contributed by atoms with Gasteiger partial charge in [-0.2, -0.15) is 0 Å². The van der Waals surface area contributed by atoms with Gasteiger partial charge in [-0.1, -0.05) is 259 Å². The predicted octanol–water partition coefficient (Wildman–Crippen LogP) is 17.2. The summed E-state index contributed by atoms with van der Waals surface area (Å²) in [4.78, 5) is 12.5. The fourth-order valence-corrected chi connectivity index (χ4v) is 7.65. The number of hydrogen-bond acceptors (Lipinski definition) is 3. The van der Waals surface area contributed by atoms with E-state index in [1.54, 1.807) is 6.08 Å². The van der Waals surface area contributed by atoms with Gasteiger partial charge in [0.15, 0.2) is 0 Å². The Morgan fingerprint density at radius 2 is 0.721 bits per heavy atom. The first-order valence-corrected chi connectivity index (χ1v) is 26.3. The van der Waals surface area contributed by atoms with E-state index in [4.69, 9.17) is 0 Å². The highest BCUT2D eigenvalue weighted by Gasteiger charge is 2.18. The Morgan fingerprint density at radius 3 is 1.08 bits per heavy atom. The quantitative estimate of drug-likeness (QED) is 0.0422. The molecule has 0 radical (unpaired) electrons. The minimum Gasteiger partial charge on any atom is -0.394 e. The van der Waals surface area contributed by atoms with Crippen LogP contribution in [0.3, 0.4) is 0 Å². The predicted molar refractivity (Wildman–Crippen MR) is 271 cm³/mol. The van der Waals surface area contributed by atoms with Gasteiger partial charge in [-0.3, -0.25) is 4.79 Å². The van der Waals surface area contributed by atoms with Crippen molar-refractivity contribution in [1.29, 1.82) is 0 Å². The molecule has 2 atom stereocenters. The van der Waals surface area contributed by atoms with Crippen LogP contribution in [0.25, 0.3) is 0 Å². The summed E-state index contributed by atoms with van der Waals surface area (Å²) in [5.74, 6) is -0.0799. The zero-order chi connectivity index (χ0) is 44.2. The number of aliphatic hydroxyl groups excluding tert-OH is 2. The second-order valence-corrected chi connectivity index (χ2v) is 17.6. The van der Waals surface area contributed by atoms with Crippen LogP contribution in [0.5, 0.6) is 0 Å². The van der Waals surface area contributed by atoms with E-state index in [1.807, 2.05) is 6.08 Å². The molecule has 0 heterocycles. The summed E-state index contributed by atoms with van der Waals surface area (Å²) in [7, 11) is 0. The molecule has 61 heavy (non-hydrogen) atoms. The van der Waals surface area contributed by atoms with Gasteiger partial charge in [-0.15, -0.1) is 0 Å². The molecule has 4 heteroatoms. The first kappa shape index (κ1) is 58.6. The lowest BCUT2D eigenvalue weighted by Gasteiger charge is -2.20. The standard InChI is InChI=1S/C57H101NO3/c1-3-5-7-9-11-13-15-17-19-21-23-25-27-29-31-33-35-37-39-41-43-45-47-49-51-53-57(61)58-55(54-59)56(60)52-50-48-46-44-42-40-38-36-34-32-30-28-26-24-22-20-18-16-14-12-10-8-6-4-2/h5,7,11,13,17,19,23,25,29,31,35,37,50,52,55-56,59-60H,3-4,6,8-10,12,14-16,18,20-22,24,26-28,30,32-34,36,38-49,51,53-54H2,1-2H3,(H,58,61)/b7-5-,13-11-,19-17-,25-23-,31-29-,37-35-,52-50+. The van der Waals surface area contributed by atoms with Crippen molar-refractivity contribution in [2.24, 2.45) is 0 Å². The van der Waals surface area contributed by atoms with Crippen molar-refractivity contribution in [2.45, 2.75) is 264 Å². The zero-order valence-corrected chi connectivity index (χ0v) is 40.4. The Hall–Kier alpha value is -2.43. The first-order chi connectivity index (χ1) is 30.2. The third kappa shape index (κ3) is 48.5. The number of carbonyl (C=O) groups is 1. The van der Waals surface area contributed by atoms with Crippen LogP contribution in [0.1, 0.15) is 251 Å². The van der Waals surface area contributed by atoms with Gasteiger partial charge in [0, 0.05) is 6.42 Å². The highest BCUT2D eigenvalue weighted by atomic mass is 16.3. The number of unbranched alkanes of at least 4 members (excludes halogenated alkanes) is 28. The Balaban J connectivity index is 3.60. The maximum absolute atomic E-state index is 12.5. The highest BCUT2D eigenvalue weighted by Crippen LogP contribution is 2.16. The van der Waals surface area contributed by atoms with E-state index < -0.39 is 12.1 Å². The van der Waals surface area contributed by atoms with Gasteiger partial charge in [0.2, 0.25) is 5.91 Å². The largest absolute Gasteiger partial charge is 0.394 e. The smallest absolute Gasteiger partial charge is 0.220 e. The van der Waals surface area contributed by atoms with E-state index in [-0.39, 0.29) is 12.5 Å². The third-order valence-electron chi connectivity index (χ3n) is 11.6. The summed E-state index contributed by atoms with van der Waals surface area (Å²) < 4.78 is 0. The summed E-state index contributed by atoms with van der Waals surface area (Å²) in [6, 6.07) is -0.637. The summed E-state index contributed by atoms with van der Waals surface area (Å²) in [5.41, 5.74) is 0. The van der Waals surface area contributed by atoms with Crippen molar-refractivity contribution in [3.05, 3.63) is 85.1 Å². The van der Waals surface area contributed by atoms with Crippen LogP contribution in [0, 0.1) is 0 Å². The molecular formula is C57H101NO3. The van der Waals surface area contributed by atoms with Crippen LogP contribution in [-0.4, -0.2) is 34.9 Å². The van der Waals surface area contributed by atoms with Gasteiger partial charge in [0.05, 0.1) is 18.8 Å². The van der Waals surface area contributed by atoms with Gasteiger partial charge in [-0.05, 0) is 70.6 Å².